The number of anilines is 1. The molecule has 0 amide bonds. The number of ether oxygens (including phenoxy) is 1. The van der Waals surface area contributed by atoms with E-state index in [1.54, 1.807) is 0 Å². The highest BCUT2D eigenvalue weighted by atomic mass is 79.9. The third kappa shape index (κ3) is 3.16. The zero-order valence-corrected chi connectivity index (χ0v) is 12.6. The maximum absolute atomic E-state index is 5.90. The second-order valence-electron chi connectivity index (χ2n) is 4.73. The molecule has 0 bridgehead atoms. The number of nitrogen functional groups attached to an aromatic ring is 1. The van der Waals surface area contributed by atoms with Gasteiger partial charge >= 0.3 is 0 Å². The van der Waals surface area contributed by atoms with Crippen LogP contribution in [-0.4, -0.2) is 16.6 Å². The predicted molar refractivity (Wildman–Crippen MR) is 72.9 cm³/mol. The highest BCUT2D eigenvalue weighted by Crippen LogP contribution is 2.30. The minimum absolute atomic E-state index is 0.283. The van der Waals surface area contributed by atoms with Gasteiger partial charge in [0.25, 0.3) is 0 Å². The molecule has 0 unspecified atom stereocenters. The topological polar surface area (TPSA) is 61.0 Å². The molecule has 0 aliphatic carbocycles. The van der Waals surface area contributed by atoms with Crippen molar-refractivity contribution in [3.05, 3.63) is 16.0 Å². The highest BCUT2D eigenvalue weighted by molar-refractivity contribution is 9.10. The summed E-state index contributed by atoms with van der Waals surface area (Å²) in [6.45, 7) is 10.6. The molecule has 0 aromatic carbocycles. The Labute approximate surface area is 111 Å². The van der Waals surface area contributed by atoms with Crippen molar-refractivity contribution in [2.45, 2.75) is 46.1 Å². The van der Waals surface area contributed by atoms with E-state index in [1.165, 1.54) is 0 Å². The predicted octanol–water partition coefficient (Wildman–Crippen LogP) is 3.22. The average Bonchev–Trinajstić information content (AvgIpc) is 2.21. The Kier molecular flexibility index (Phi) is 4.49. The Balaban J connectivity index is 3.28. The molecule has 0 radical (unpaired) electrons. The summed E-state index contributed by atoms with van der Waals surface area (Å²) in [4.78, 5) is 8.86. The number of aromatic nitrogens is 2. The van der Waals surface area contributed by atoms with Gasteiger partial charge in [-0.2, -0.15) is 0 Å². The lowest BCUT2D eigenvalue weighted by atomic mass is 10.1. The van der Waals surface area contributed by atoms with Crippen LogP contribution in [0, 0.1) is 0 Å². The molecular weight excluding hydrogens is 282 g/mol. The van der Waals surface area contributed by atoms with Crippen molar-refractivity contribution in [3.63, 3.8) is 0 Å². The van der Waals surface area contributed by atoms with Crippen molar-refractivity contribution >= 4 is 21.7 Å². The lowest BCUT2D eigenvalue weighted by molar-refractivity contribution is -0.0209. The molecule has 17 heavy (non-hydrogen) atoms. The molecule has 2 N–H and O–H groups in total. The van der Waals surface area contributed by atoms with Crippen molar-refractivity contribution in [1.29, 1.82) is 0 Å². The molecule has 0 fully saturated rings. The Morgan fingerprint density at radius 3 is 2.41 bits per heavy atom. The summed E-state index contributed by atoms with van der Waals surface area (Å²) in [6, 6.07) is 0. The molecular formula is C12H20BrN3O. The highest BCUT2D eigenvalue weighted by Gasteiger charge is 2.26. The molecule has 96 valence electrons. The Morgan fingerprint density at radius 2 is 1.94 bits per heavy atom. The van der Waals surface area contributed by atoms with Crippen LogP contribution in [0.4, 0.5) is 5.82 Å². The van der Waals surface area contributed by atoms with Gasteiger partial charge in [-0.25, -0.2) is 9.97 Å². The number of halogens is 1. The van der Waals surface area contributed by atoms with Gasteiger partial charge < -0.3 is 10.5 Å². The van der Waals surface area contributed by atoms with Gasteiger partial charge in [0.15, 0.2) is 5.82 Å². The van der Waals surface area contributed by atoms with Gasteiger partial charge in [0, 0.05) is 6.61 Å². The van der Waals surface area contributed by atoms with Crippen molar-refractivity contribution in [2.75, 3.05) is 12.3 Å². The number of hydrogen-bond donors (Lipinski definition) is 1. The van der Waals surface area contributed by atoms with Crippen molar-refractivity contribution < 1.29 is 4.74 Å². The first-order valence-corrected chi connectivity index (χ1v) is 6.56. The molecule has 5 heteroatoms. The van der Waals surface area contributed by atoms with Gasteiger partial charge in [0.1, 0.15) is 11.4 Å². The minimum Gasteiger partial charge on any atom is -0.383 e. The molecule has 0 saturated carbocycles. The zero-order valence-electron chi connectivity index (χ0n) is 11.0. The van der Waals surface area contributed by atoms with Crippen LogP contribution in [0.3, 0.4) is 0 Å². The summed E-state index contributed by atoms with van der Waals surface area (Å²) in [5.74, 6) is 1.38. The molecule has 0 spiro atoms. The SMILES string of the molecule is CCOC(C)(C)c1nc(N)c(Br)c(C(C)C)n1. The van der Waals surface area contributed by atoms with Gasteiger partial charge in [-0.05, 0) is 42.6 Å². The first-order chi connectivity index (χ1) is 7.79. The standard InChI is InChI=1S/C12H20BrN3O/c1-6-17-12(4,5)11-15-9(7(2)3)8(13)10(14)16-11/h7H,6H2,1-5H3,(H2,14,15,16). The van der Waals surface area contributed by atoms with E-state index in [1.807, 2.05) is 20.8 Å². The van der Waals surface area contributed by atoms with E-state index in [9.17, 15) is 0 Å². The lowest BCUT2D eigenvalue weighted by Gasteiger charge is -2.24. The third-order valence-corrected chi connectivity index (χ3v) is 3.31. The van der Waals surface area contributed by atoms with Gasteiger partial charge in [0.05, 0.1) is 10.2 Å². The van der Waals surface area contributed by atoms with Crippen LogP contribution in [0.1, 0.15) is 52.1 Å². The maximum Gasteiger partial charge on any atom is 0.162 e. The van der Waals surface area contributed by atoms with Crippen molar-refractivity contribution in [1.82, 2.24) is 9.97 Å². The number of hydrogen-bond acceptors (Lipinski definition) is 4. The molecule has 1 rings (SSSR count). The van der Waals surface area contributed by atoms with Crippen LogP contribution >= 0.6 is 15.9 Å². The summed E-state index contributed by atoms with van der Waals surface area (Å²) in [6.07, 6.45) is 0. The van der Waals surface area contributed by atoms with Gasteiger partial charge in [-0.15, -0.1) is 0 Å². The van der Waals surface area contributed by atoms with Gasteiger partial charge in [-0.3, -0.25) is 0 Å². The van der Waals surface area contributed by atoms with Crippen LogP contribution in [0.15, 0.2) is 4.47 Å². The van der Waals surface area contributed by atoms with Crippen LogP contribution in [0.2, 0.25) is 0 Å². The fourth-order valence-corrected chi connectivity index (χ4v) is 2.19. The van der Waals surface area contributed by atoms with E-state index < -0.39 is 5.60 Å². The molecule has 1 heterocycles. The second kappa shape index (κ2) is 5.31. The average molecular weight is 302 g/mol. The largest absolute Gasteiger partial charge is 0.383 e. The number of nitrogens with zero attached hydrogens (tertiary/aromatic N) is 2. The Hall–Kier alpha value is -0.680. The van der Waals surface area contributed by atoms with E-state index in [0.29, 0.717) is 18.2 Å². The summed E-state index contributed by atoms with van der Waals surface area (Å²) in [5.41, 5.74) is 6.29. The monoisotopic (exact) mass is 301 g/mol. The second-order valence-corrected chi connectivity index (χ2v) is 5.52. The molecule has 4 nitrogen and oxygen atoms in total. The summed E-state index contributed by atoms with van der Waals surface area (Å²) in [7, 11) is 0. The number of rotatable bonds is 4. The Morgan fingerprint density at radius 1 is 1.35 bits per heavy atom. The summed E-state index contributed by atoms with van der Waals surface area (Å²) in [5, 5.41) is 0. The fourth-order valence-electron chi connectivity index (χ4n) is 1.56. The maximum atomic E-state index is 5.90. The molecule has 0 atom stereocenters. The van der Waals surface area contributed by atoms with Gasteiger partial charge in [0.2, 0.25) is 0 Å². The number of nitrogens with two attached hydrogens (primary N) is 1. The quantitative estimate of drug-likeness (QED) is 0.927. The van der Waals surface area contributed by atoms with E-state index >= 15 is 0 Å². The molecule has 1 aromatic heterocycles. The molecule has 1 aromatic rings. The summed E-state index contributed by atoms with van der Waals surface area (Å²) >= 11 is 3.43. The molecule has 0 aliphatic rings. The van der Waals surface area contributed by atoms with E-state index in [0.717, 1.165) is 10.2 Å². The van der Waals surface area contributed by atoms with Crippen LogP contribution in [0.5, 0.6) is 0 Å². The smallest absolute Gasteiger partial charge is 0.162 e. The lowest BCUT2D eigenvalue weighted by Crippen LogP contribution is -2.26. The van der Waals surface area contributed by atoms with E-state index in [4.69, 9.17) is 10.5 Å². The zero-order chi connectivity index (χ0) is 13.2. The van der Waals surface area contributed by atoms with E-state index in [2.05, 4.69) is 39.7 Å². The molecule has 0 aliphatic heterocycles. The third-order valence-electron chi connectivity index (χ3n) is 2.49. The first-order valence-electron chi connectivity index (χ1n) is 5.77. The van der Waals surface area contributed by atoms with Crippen LogP contribution < -0.4 is 5.73 Å². The van der Waals surface area contributed by atoms with Crippen LogP contribution in [-0.2, 0) is 10.3 Å². The Bertz CT molecular complexity index is 405. The van der Waals surface area contributed by atoms with Crippen molar-refractivity contribution in [3.8, 4) is 0 Å². The van der Waals surface area contributed by atoms with Crippen molar-refractivity contribution in [2.24, 2.45) is 0 Å². The first kappa shape index (κ1) is 14.4. The van der Waals surface area contributed by atoms with E-state index in [-0.39, 0.29) is 5.92 Å². The summed E-state index contributed by atoms with van der Waals surface area (Å²) < 4.78 is 6.43. The van der Waals surface area contributed by atoms with Crippen LogP contribution in [0.25, 0.3) is 0 Å². The minimum atomic E-state index is -0.521. The fraction of sp³-hybridized carbons (Fsp3) is 0.667. The normalized spacial score (nSPS) is 12.2. The van der Waals surface area contributed by atoms with Gasteiger partial charge in [-0.1, -0.05) is 13.8 Å². The molecule has 0 saturated heterocycles.